The molecule has 1 fully saturated rings. The molecule has 1 saturated heterocycles. The summed E-state index contributed by atoms with van der Waals surface area (Å²) in [4.78, 5) is 74.5. The zero-order valence-corrected chi connectivity index (χ0v) is 19.7. The SMILES string of the molecule is COC(=O)c1sc(NC(=O)COC(=O)CCN2C(=O)[C@@H]3CC=CC[C@H]3C2=O)c(C(=O)OC)c1C. The molecule has 1 aromatic rings. The number of fused-ring (bicyclic) bond motifs is 1. The number of likely N-dealkylation sites (tertiary alicyclic amines) is 1. The second kappa shape index (κ2) is 10.6. The van der Waals surface area contributed by atoms with Crippen molar-refractivity contribution in [3.63, 3.8) is 0 Å². The molecule has 11 nitrogen and oxygen atoms in total. The predicted molar refractivity (Wildman–Crippen MR) is 118 cm³/mol. The highest BCUT2D eigenvalue weighted by Gasteiger charge is 2.47. The van der Waals surface area contributed by atoms with Crippen LogP contribution < -0.4 is 5.32 Å². The van der Waals surface area contributed by atoms with Gasteiger partial charge in [-0.2, -0.15) is 0 Å². The first-order valence-corrected chi connectivity index (χ1v) is 11.3. The van der Waals surface area contributed by atoms with E-state index in [1.54, 1.807) is 0 Å². The van der Waals surface area contributed by atoms with E-state index in [1.165, 1.54) is 14.0 Å². The van der Waals surface area contributed by atoms with Crippen LogP contribution in [-0.4, -0.2) is 67.9 Å². The Morgan fingerprint density at radius 1 is 1.03 bits per heavy atom. The second-order valence-corrected chi connectivity index (χ2v) is 8.71. The van der Waals surface area contributed by atoms with Gasteiger partial charge in [0.25, 0.3) is 5.91 Å². The molecule has 2 aliphatic rings. The highest BCUT2D eigenvalue weighted by atomic mass is 32.1. The van der Waals surface area contributed by atoms with Crippen molar-refractivity contribution in [2.75, 3.05) is 32.7 Å². The van der Waals surface area contributed by atoms with Crippen LogP contribution in [0.4, 0.5) is 5.00 Å². The number of nitrogens with zero attached hydrogens (tertiary/aromatic N) is 1. The van der Waals surface area contributed by atoms with Crippen LogP contribution >= 0.6 is 11.3 Å². The lowest BCUT2D eigenvalue weighted by Gasteiger charge is -2.14. The van der Waals surface area contributed by atoms with Gasteiger partial charge in [0.1, 0.15) is 9.88 Å². The smallest absolute Gasteiger partial charge is 0.348 e. The Hall–Kier alpha value is -3.54. The van der Waals surface area contributed by atoms with Gasteiger partial charge in [0.15, 0.2) is 6.61 Å². The van der Waals surface area contributed by atoms with E-state index in [4.69, 9.17) is 9.47 Å². The molecule has 0 saturated carbocycles. The number of carbonyl (C=O) groups excluding carboxylic acids is 6. The van der Waals surface area contributed by atoms with Gasteiger partial charge in [-0.15, -0.1) is 11.3 Å². The van der Waals surface area contributed by atoms with Crippen molar-refractivity contribution in [2.45, 2.75) is 26.2 Å². The molecule has 0 spiro atoms. The maximum absolute atomic E-state index is 12.4. The molecule has 3 amide bonds. The van der Waals surface area contributed by atoms with Gasteiger partial charge in [-0.05, 0) is 25.3 Å². The first-order chi connectivity index (χ1) is 16.2. The fourth-order valence-corrected chi connectivity index (χ4v) is 5.04. The van der Waals surface area contributed by atoms with Crippen LogP contribution in [0.3, 0.4) is 0 Å². The summed E-state index contributed by atoms with van der Waals surface area (Å²) < 4.78 is 14.3. The number of anilines is 1. The zero-order valence-electron chi connectivity index (χ0n) is 18.9. The van der Waals surface area contributed by atoms with E-state index in [2.05, 4.69) is 10.1 Å². The second-order valence-electron chi connectivity index (χ2n) is 7.69. The van der Waals surface area contributed by atoms with Crippen molar-refractivity contribution in [1.82, 2.24) is 4.90 Å². The lowest BCUT2D eigenvalue weighted by Crippen LogP contribution is -2.33. The first kappa shape index (κ1) is 25.1. The number of hydrogen-bond acceptors (Lipinski definition) is 10. The summed E-state index contributed by atoms with van der Waals surface area (Å²) in [7, 11) is 2.34. The van der Waals surface area contributed by atoms with Gasteiger partial charge in [-0.25, -0.2) is 9.59 Å². The number of imide groups is 1. The standard InChI is InChI=1S/C22H24N2O9S/c1-11-16(21(29)31-2)18(34-17(11)22(30)32-3)23-14(25)10-33-15(26)8-9-24-19(27)12-6-4-5-7-13(12)20(24)28/h4-5,12-13H,6-10H2,1-3H3,(H,23,25)/t12-,13-/m1/s1. The lowest BCUT2D eigenvalue weighted by atomic mass is 9.85. The minimum atomic E-state index is -0.769. The van der Waals surface area contributed by atoms with Crippen molar-refractivity contribution in [3.8, 4) is 0 Å². The van der Waals surface area contributed by atoms with E-state index in [0.717, 1.165) is 23.3 Å². The Morgan fingerprint density at radius 2 is 1.62 bits per heavy atom. The maximum Gasteiger partial charge on any atom is 0.348 e. The number of hydrogen-bond donors (Lipinski definition) is 1. The Bertz CT molecular complexity index is 1050. The molecule has 1 aliphatic carbocycles. The molecule has 1 aromatic heterocycles. The van der Waals surface area contributed by atoms with E-state index in [-0.39, 0.29) is 57.6 Å². The summed E-state index contributed by atoms with van der Waals surface area (Å²) in [5, 5.41) is 2.49. The number of allylic oxidation sites excluding steroid dienone is 2. The average Bonchev–Trinajstić information content (AvgIpc) is 3.28. The molecule has 34 heavy (non-hydrogen) atoms. The lowest BCUT2D eigenvalue weighted by molar-refractivity contribution is -0.148. The third-order valence-electron chi connectivity index (χ3n) is 5.66. The minimum Gasteiger partial charge on any atom is -0.465 e. The van der Waals surface area contributed by atoms with E-state index < -0.39 is 30.4 Å². The number of rotatable bonds is 8. The molecule has 2 atom stereocenters. The summed E-state index contributed by atoms with van der Waals surface area (Å²) in [5.74, 6) is -4.31. The Morgan fingerprint density at radius 3 is 2.18 bits per heavy atom. The van der Waals surface area contributed by atoms with E-state index in [9.17, 15) is 28.8 Å². The van der Waals surface area contributed by atoms with Gasteiger partial charge in [-0.3, -0.25) is 24.1 Å². The van der Waals surface area contributed by atoms with E-state index >= 15 is 0 Å². The van der Waals surface area contributed by atoms with Gasteiger partial charge in [0, 0.05) is 6.54 Å². The zero-order chi connectivity index (χ0) is 25.0. The van der Waals surface area contributed by atoms with E-state index in [1.807, 2.05) is 12.2 Å². The summed E-state index contributed by atoms with van der Waals surface area (Å²) in [5.41, 5.74) is 0.279. The Labute approximate surface area is 199 Å². The third-order valence-corrected chi connectivity index (χ3v) is 6.85. The molecule has 1 aliphatic heterocycles. The number of carbonyl (C=O) groups is 6. The van der Waals surface area contributed by atoms with Crippen LogP contribution in [0.5, 0.6) is 0 Å². The normalized spacial score (nSPS) is 19.0. The quantitative estimate of drug-likeness (QED) is 0.247. The van der Waals surface area contributed by atoms with Crippen molar-refractivity contribution in [1.29, 1.82) is 0 Å². The van der Waals surface area contributed by atoms with Gasteiger partial charge < -0.3 is 19.5 Å². The fraction of sp³-hybridized carbons (Fsp3) is 0.455. The molecule has 0 unspecified atom stereocenters. The minimum absolute atomic E-state index is 0.00501. The number of ether oxygens (including phenoxy) is 3. The van der Waals surface area contributed by atoms with Crippen LogP contribution in [0, 0.1) is 18.8 Å². The molecule has 182 valence electrons. The highest BCUT2D eigenvalue weighted by molar-refractivity contribution is 7.18. The summed E-state index contributed by atoms with van der Waals surface area (Å²) in [6, 6.07) is 0. The molecule has 2 heterocycles. The molecular weight excluding hydrogens is 468 g/mol. The third kappa shape index (κ3) is 5.01. The average molecular weight is 493 g/mol. The van der Waals surface area contributed by atoms with Crippen molar-refractivity contribution in [2.24, 2.45) is 11.8 Å². The number of methoxy groups -OCH3 is 2. The molecule has 3 rings (SSSR count). The first-order valence-electron chi connectivity index (χ1n) is 10.4. The number of nitrogens with one attached hydrogen (secondary N) is 1. The Balaban J connectivity index is 1.55. The number of thiophene rings is 1. The monoisotopic (exact) mass is 492 g/mol. The summed E-state index contributed by atoms with van der Waals surface area (Å²) in [6.45, 7) is 0.725. The predicted octanol–water partition coefficient (Wildman–Crippen LogP) is 1.45. The number of esters is 3. The molecule has 0 bridgehead atoms. The Kier molecular flexibility index (Phi) is 7.82. The van der Waals surface area contributed by atoms with Crippen LogP contribution in [-0.2, 0) is 33.4 Å². The van der Waals surface area contributed by atoms with Crippen molar-refractivity contribution >= 4 is 52.0 Å². The topological polar surface area (TPSA) is 145 Å². The van der Waals surface area contributed by atoms with Crippen LogP contribution in [0.1, 0.15) is 44.9 Å². The van der Waals surface area contributed by atoms with Crippen molar-refractivity contribution < 1.29 is 43.0 Å². The van der Waals surface area contributed by atoms with Crippen molar-refractivity contribution in [3.05, 3.63) is 28.2 Å². The van der Waals surface area contributed by atoms with Gasteiger partial charge in [0.2, 0.25) is 11.8 Å². The molecule has 0 radical (unpaired) electrons. The summed E-state index contributed by atoms with van der Waals surface area (Å²) in [6.07, 6.45) is 4.50. The van der Waals surface area contributed by atoms with E-state index in [0.29, 0.717) is 12.8 Å². The molecule has 0 aromatic carbocycles. The van der Waals surface area contributed by atoms with Gasteiger partial charge in [0.05, 0.1) is 38.0 Å². The largest absolute Gasteiger partial charge is 0.465 e. The highest BCUT2D eigenvalue weighted by Crippen LogP contribution is 2.35. The molecule has 1 N–H and O–H groups in total. The van der Waals surface area contributed by atoms with Crippen LogP contribution in [0.15, 0.2) is 12.2 Å². The van der Waals surface area contributed by atoms with Crippen LogP contribution in [0.2, 0.25) is 0 Å². The molecular formula is C22H24N2O9S. The number of amides is 3. The van der Waals surface area contributed by atoms with Gasteiger partial charge in [-0.1, -0.05) is 12.2 Å². The molecule has 12 heteroatoms. The van der Waals surface area contributed by atoms with Gasteiger partial charge >= 0.3 is 17.9 Å². The maximum atomic E-state index is 12.4. The van der Waals surface area contributed by atoms with Crippen LogP contribution in [0.25, 0.3) is 0 Å². The fourth-order valence-electron chi connectivity index (χ4n) is 3.91. The summed E-state index contributed by atoms with van der Waals surface area (Å²) >= 11 is 0.828.